The first-order valence-electron chi connectivity index (χ1n) is 15.0. The Morgan fingerprint density at radius 2 is 0.735 bits per heavy atom. The molecular formula is C30H57BO3. The highest BCUT2D eigenvalue weighted by atomic mass is 16.7. The summed E-state index contributed by atoms with van der Waals surface area (Å²) in [6, 6.07) is 0. The second-order valence-corrected chi connectivity index (χ2v) is 13.8. The number of rotatable bonds is 9. The molecule has 0 unspecified atom stereocenters. The van der Waals surface area contributed by atoms with Crippen molar-refractivity contribution < 1.29 is 14.0 Å². The molecule has 3 aliphatic rings. The minimum Gasteiger partial charge on any atom is -0.383 e. The van der Waals surface area contributed by atoms with Crippen LogP contribution in [-0.4, -0.2) is 25.6 Å². The van der Waals surface area contributed by atoms with Crippen LogP contribution in [0.25, 0.3) is 0 Å². The third-order valence-electron chi connectivity index (χ3n) is 9.74. The smallest absolute Gasteiger partial charge is 0.383 e. The first-order chi connectivity index (χ1) is 16.0. The Labute approximate surface area is 213 Å². The molecule has 0 spiro atoms. The van der Waals surface area contributed by atoms with E-state index in [1.807, 2.05) is 0 Å². The average molecular weight is 477 g/mol. The van der Waals surface area contributed by atoms with Gasteiger partial charge < -0.3 is 14.0 Å². The van der Waals surface area contributed by atoms with Crippen LogP contribution in [0.1, 0.15) is 120 Å². The molecule has 3 fully saturated rings. The summed E-state index contributed by atoms with van der Waals surface area (Å²) in [4.78, 5) is 0. The van der Waals surface area contributed by atoms with Crippen LogP contribution in [0.2, 0.25) is 0 Å². The summed E-state index contributed by atoms with van der Waals surface area (Å²) in [5.41, 5.74) is 0. The van der Waals surface area contributed by atoms with E-state index in [4.69, 9.17) is 14.0 Å². The monoisotopic (exact) mass is 476 g/mol. The summed E-state index contributed by atoms with van der Waals surface area (Å²) < 4.78 is 20.8. The standard InChI is InChI=1S/C30H57BO3/c1-19(2)25-13-10-22(7)16-28(25)32-31(33-29-17-23(8)11-14-26(29)20(3)4)34-30-18-24(9)12-15-27(30)21(5)6/h19-30H,10-18H2,1-9H3/t22-,23-,24+,25-,26-,27+,28-,29-,30-/m1/s1. The molecule has 0 aromatic heterocycles. The lowest BCUT2D eigenvalue weighted by molar-refractivity contribution is -0.0763. The van der Waals surface area contributed by atoms with Crippen LogP contribution in [0, 0.1) is 53.3 Å². The molecule has 3 aliphatic carbocycles. The highest BCUT2D eigenvalue weighted by molar-refractivity contribution is 6.36. The lowest BCUT2D eigenvalue weighted by Gasteiger charge is -2.43. The van der Waals surface area contributed by atoms with Gasteiger partial charge in [-0.05, 0) is 91.8 Å². The van der Waals surface area contributed by atoms with Gasteiger partial charge in [0.15, 0.2) is 0 Å². The quantitative estimate of drug-likeness (QED) is 0.313. The molecule has 3 nitrogen and oxygen atoms in total. The third kappa shape index (κ3) is 7.72. The fraction of sp³-hybridized carbons (Fsp3) is 1.00. The summed E-state index contributed by atoms with van der Waals surface area (Å²) in [7, 11) is -0.523. The highest BCUT2D eigenvalue weighted by Gasteiger charge is 2.43. The van der Waals surface area contributed by atoms with Crippen LogP contribution in [0.3, 0.4) is 0 Å². The molecule has 3 saturated carbocycles. The number of hydrogen-bond acceptors (Lipinski definition) is 3. The van der Waals surface area contributed by atoms with Gasteiger partial charge in [0.1, 0.15) is 0 Å². The molecule has 9 atom stereocenters. The van der Waals surface area contributed by atoms with Crippen LogP contribution in [0.5, 0.6) is 0 Å². The molecule has 3 rings (SSSR count). The molecule has 0 aromatic rings. The summed E-state index contributed by atoms with van der Waals surface area (Å²) in [5.74, 6) is 5.86. The van der Waals surface area contributed by atoms with Crippen molar-refractivity contribution in [1.29, 1.82) is 0 Å². The topological polar surface area (TPSA) is 27.7 Å². The van der Waals surface area contributed by atoms with E-state index < -0.39 is 7.32 Å². The fourth-order valence-electron chi connectivity index (χ4n) is 7.34. The molecular weight excluding hydrogens is 419 g/mol. The van der Waals surface area contributed by atoms with Gasteiger partial charge in [0, 0.05) is 18.3 Å². The maximum atomic E-state index is 6.92. The van der Waals surface area contributed by atoms with E-state index in [-0.39, 0.29) is 18.3 Å². The zero-order chi connectivity index (χ0) is 25.0. The minimum atomic E-state index is -0.523. The molecule has 0 aromatic carbocycles. The molecule has 4 heteroatoms. The molecule has 0 N–H and O–H groups in total. The van der Waals surface area contributed by atoms with Crippen LogP contribution in [0.15, 0.2) is 0 Å². The van der Waals surface area contributed by atoms with E-state index in [1.165, 1.54) is 38.5 Å². The van der Waals surface area contributed by atoms with Gasteiger partial charge in [-0.15, -0.1) is 0 Å². The van der Waals surface area contributed by atoms with E-state index in [1.54, 1.807) is 0 Å². The summed E-state index contributed by atoms with van der Waals surface area (Å²) in [6.45, 7) is 21.3. The second kappa shape index (κ2) is 13.0. The zero-order valence-electron chi connectivity index (χ0n) is 24.1. The lowest BCUT2D eigenvalue weighted by Crippen LogP contribution is -2.48. The zero-order valence-corrected chi connectivity index (χ0v) is 24.1. The largest absolute Gasteiger partial charge is 0.640 e. The highest BCUT2D eigenvalue weighted by Crippen LogP contribution is 2.40. The van der Waals surface area contributed by atoms with E-state index >= 15 is 0 Å². The van der Waals surface area contributed by atoms with Crippen LogP contribution >= 0.6 is 0 Å². The summed E-state index contributed by atoms with van der Waals surface area (Å²) in [6.07, 6.45) is 11.9. The van der Waals surface area contributed by atoms with Crippen molar-refractivity contribution in [2.45, 2.75) is 138 Å². The van der Waals surface area contributed by atoms with Gasteiger partial charge in [0.25, 0.3) is 0 Å². The van der Waals surface area contributed by atoms with Crippen molar-refractivity contribution in [3.63, 3.8) is 0 Å². The molecule has 0 amide bonds. The van der Waals surface area contributed by atoms with Crippen molar-refractivity contribution in [3.8, 4) is 0 Å². The Balaban J connectivity index is 1.81. The van der Waals surface area contributed by atoms with Crippen molar-refractivity contribution in [2.75, 3.05) is 0 Å². The molecule has 0 saturated heterocycles. The first kappa shape index (κ1) is 28.5. The molecule has 0 aliphatic heterocycles. The van der Waals surface area contributed by atoms with Gasteiger partial charge in [0.2, 0.25) is 0 Å². The number of hydrogen-bond donors (Lipinski definition) is 0. The van der Waals surface area contributed by atoms with Crippen molar-refractivity contribution in [3.05, 3.63) is 0 Å². The van der Waals surface area contributed by atoms with E-state index in [0.717, 1.165) is 37.0 Å². The van der Waals surface area contributed by atoms with Gasteiger partial charge in [-0.2, -0.15) is 0 Å². The Morgan fingerprint density at radius 1 is 0.471 bits per heavy atom. The maximum absolute atomic E-state index is 6.92. The summed E-state index contributed by atoms with van der Waals surface area (Å²) in [5, 5.41) is 0. The Morgan fingerprint density at radius 3 is 0.971 bits per heavy atom. The molecule has 34 heavy (non-hydrogen) atoms. The Kier molecular flexibility index (Phi) is 10.9. The predicted molar refractivity (Wildman–Crippen MR) is 144 cm³/mol. The average Bonchev–Trinajstić information content (AvgIpc) is 2.73. The SMILES string of the molecule is CC(C)[C@H]1CC[C@@H](C)C[C@H]1OB(O[C@@H]1C[C@H](C)CC[C@@H]1C(C)C)O[C@@H]1C[C@@H](C)CC[C@H]1C(C)C. The third-order valence-corrected chi connectivity index (χ3v) is 9.74. The van der Waals surface area contributed by atoms with Gasteiger partial charge in [-0.3, -0.25) is 0 Å². The normalized spacial score (nSPS) is 39.7. The minimum absolute atomic E-state index is 0.241. The fourth-order valence-corrected chi connectivity index (χ4v) is 7.34. The van der Waals surface area contributed by atoms with Crippen molar-refractivity contribution in [2.24, 2.45) is 53.3 Å². The Hall–Kier alpha value is -0.0551. The van der Waals surface area contributed by atoms with E-state index in [9.17, 15) is 0 Å². The van der Waals surface area contributed by atoms with Crippen molar-refractivity contribution in [1.82, 2.24) is 0 Å². The molecule has 198 valence electrons. The molecule has 0 heterocycles. The van der Waals surface area contributed by atoms with E-state index in [2.05, 4.69) is 62.3 Å². The lowest BCUT2D eigenvalue weighted by atomic mass is 9.74. The van der Waals surface area contributed by atoms with Gasteiger partial charge >= 0.3 is 7.32 Å². The van der Waals surface area contributed by atoms with Crippen LogP contribution in [0.4, 0.5) is 0 Å². The van der Waals surface area contributed by atoms with Gasteiger partial charge in [-0.25, -0.2) is 0 Å². The molecule has 0 radical (unpaired) electrons. The van der Waals surface area contributed by atoms with Crippen LogP contribution < -0.4 is 0 Å². The van der Waals surface area contributed by atoms with Gasteiger partial charge in [-0.1, -0.05) is 81.6 Å². The first-order valence-corrected chi connectivity index (χ1v) is 15.0. The van der Waals surface area contributed by atoms with E-state index in [0.29, 0.717) is 35.5 Å². The van der Waals surface area contributed by atoms with Crippen LogP contribution in [-0.2, 0) is 14.0 Å². The Bertz CT molecular complexity index is 513. The van der Waals surface area contributed by atoms with Gasteiger partial charge in [0.05, 0.1) is 0 Å². The molecule has 0 bridgehead atoms. The second-order valence-electron chi connectivity index (χ2n) is 13.8. The predicted octanol–water partition coefficient (Wildman–Crippen LogP) is 8.40. The maximum Gasteiger partial charge on any atom is 0.640 e. The summed E-state index contributed by atoms with van der Waals surface area (Å²) >= 11 is 0. The van der Waals surface area contributed by atoms with Crippen molar-refractivity contribution >= 4 is 7.32 Å².